The molecule has 0 aliphatic carbocycles. The Hall–Kier alpha value is 0. The highest BCUT2D eigenvalue weighted by Gasteiger charge is 1.94. The van der Waals surface area contributed by atoms with Gasteiger partial charge < -0.3 is 0 Å². The largest absolute Gasteiger partial charge is 0.0654 e. The molecule has 0 aromatic heterocycles. The highest BCUT2D eigenvalue weighted by molar-refractivity contribution is 4.64. The number of rotatable bonds is 16. The van der Waals surface area contributed by atoms with Gasteiger partial charge in [-0.05, 0) is 6.42 Å². The van der Waals surface area contributed by atoms with E-state index in [4.69, 9.17) is 0 Å². The van der Waals surface area contributed by atoms with E-state index >= 15 is 0 Å². The Bertz CT molecular complexity index is 123. The molecule has 0 fully saturated rings. The zero-order valence-electron chi connectivity index (χ0n) is 13.9. The lowest BCUT2D eigenvalue weighted by Gasteiger charge is -2.03. The molecule has 0 saturated heterocycles. The van der Waals surface area contributed by atoms with Gasteiger partial charge in [0.2, 0.25) is 0 Å². The first-order valence-electron chi connectivity index (χ1n) is 9.23. The summed E-state index contributed by atoms with van der Waals surface area (Å²) in [4.78, 5) is 0. The molecule has 0 aliphatic heterocycles. The van der Waals surface area contributed by atoms with Crippen LogP contribution in [0.5, 0.6) is 0 Å². The molecule has 0 unspecified atom stereocenters. The second-order valence-electron chi connectivity index (χ2n) is 6.11. The summed E-state index contributed by atoms with van der Waals surface area (Å²) in [6, 6.07) is 0. The molecule has 0 aromatic carbocycles. The lowest BCUT2D eigenvalue weighted by Crippen LogP contribution is -1.84. The van der Waals surface area contributed by atoms with Gasteiger partial charge in [-0.15, -0.1) is 0 Å². The molecule has 0 bridgehead atoms. The average molecular weight is 268 g/mol. The molecular weight excluding hydrogens is 228 g/mol. The van der Waals surface area contributed by atoms with E-state index in [-0.39, 0.29) is 0 Å². The van der Waals surface area contributed by atoms with Crippen LogP contribution < -0.4 is 0 Å². The minimum absolute atomic E-state index is 1.36. The van der Waals surface area contributed by atoms with E-state index in [2.05, 4.69) is 20.3 Å². The second-order valence-corrected chi connectivity index (χ2v) is 6.11. The van der Waals surface area contributed by atoms with Crippen molar-refractivity contribution < 1.29 is 0 Å². The van der Waals surface area contributed by atoms with Crippen molar-refractivity contribution in [1.29, 1.82) is 0 Å². The van der Waals surface area contributed by atoms with Crippen LogP contribution in [-0.2, 0) is 0 Å². The molecule has 0 N–H and O–H groups in total. The molecule has 0 aromatic rings. The smallest absolute Gasteiger partial charge is 0.0386 e. The minimum atomic E-state index is 1.36. The molecule has 1 radical (unpaired) electrons. The van der Waals surface area contributed by atoms with Crippen LogP contribution in [0.4, 0.5) is 0 Å². The lowest BCUT2D eigenvalue weighted by atomic mass is 10.0. The maximum Gasteiger partial charge on any atom is -0.0386 e. The van der Waals surface area contributed by atoms with Crippen molar-refractivity contribution >= 4 is 0 Å². The molecule has 19 heavy (non-hydrogen) atoms. The Kier molecular flexibility index (Phi) is 18.0. The summed E-state index contributed by atoms with van der Waals surface area (Å²) < 4.78 is 0. The van der Waals surface area contributed by atoms with Gasteiger partial charge in [-0.1, -0.05) is 117 Å². The van der Waals surface area contributed by atoms with E-state index in [1.807, 2.05) is 0 Å². The van der Waals surface area contributed by atoms with Crippen LogP contribution in [0.1, 0.15) is 117 Å². The fourth-order valence-electron chi connectivity index (χ4n) is 2.64. The van der Waals surface area contributed by atoms with Gasteiger partial charge in [-0.2, -0.15) is 0 Å². The van der Waals surface area contributed by atoms with Crippen molar-refractivity contribution in [1.82, 2.24) is 0 Å². The zero-order chi connectivity index (χ0) is 14.0. The maximum absolute atomic E-state index is 2.53. The summed E-state index contributed by atoms with van der Waals surface area (Å²) in [5.74, 6) is 0. The van der Waals surface area contributed by atoms with Crippen LogP contribution >= 0.6 is 0 Å². The van der Waals surface area contributed by atoms with E-state index in [0.29, 0.717) is 0 Å². The number of hydrogen-bond acceptors (Lipinski definition) is 0. The molecule has 0 aliphatic rings. The predicted molar refractivity (Wildman–Crippen MR) is 89.5 cm³/mol. The Labute approximate surface area is 123 Å². The Morgan fingerprint density at radius 1 is 0.421 bits per heavy atom. The molecule has 115 valence electrons. The van der Waals surface area contributed by atoms with Crippen molar-refractivity contribution in [3.63, 3.8) is 0 Å². The Morgan fingerprint density at radius 3 is 1.11 bits per heavy atom. The summed E-state index contributed by atoms with van der Waals surface area (Å²) in [7, 11) is 0. The van der Waals surface area contributed by atoms with Crippen molar-refractivity contribution in [3.05, 3.63) is 6.42 Å². The van der Waals surface area contributed by atoms with Crippen LogP contribution in [-0.4, -0.2) is 0 Å². The molecule has 0 nitrogen and oxygen atoms in total. The molecule has 0 spiro atoms. The molecule has 0 heterocycles. The van der Waals surface area contributed by atoms with Crippen molar-refractivity contribution in [3.8, 4) is 0 Å². The SMILES string of the molecule is CCCCCCC[CH]CCCCCCCCCCC. The fourth-order valence-corrected chi connectivity index (χ4v) is 2.64. The van der Waals surface area contributed by atoms with Crippen LogP contribution in [0.25, 0.3) is 0 Å². The zero-order valence-corrected chi connectivity index (χ0v) is 13.9. The normalized spacial score (nSPS) is 11.1. The molecule has 0 heteroatoms. The van der Waals surface area contributed by atoms with Crippen molar-refractivity contribution in [2.75, 3.05) is 0 Å². The summed E-state index contributed by atoms with van der Waals surface area (Å²) in [5, 5.41) is 0. The third kappa shape index (κ3) is 18.0. The van der Waals surface area contributed by atoms with Crippen LogP contribution in [0.2, 0.25) is 0 Å². The van der Waals surface area contributed by atoms with Gasteiger partial charge in [0.25, 0.3) is 0 Å². The summed E-state index contributed by atoms with van der Waals surface area (Å²) >= 11 is 0. The van der Waals surface area contributed by atoms with Crippen LogP contribution in [0.3, 0.4) is 0 Å². The standard InChI is InChI=1S/C19H39/c1-3-5-7-9-11-13-15-17-19-18-16-14-12-10-8-6-4-2/h15H,3-14,16-19H2,1-2H3. The molecule has 0 saturated carbocycles. The third-order valence-corrected chi connectivity index (χ3v) is 4.02. The topological polar surface area (TPSA) is 0 Å². The number of hydrogen-bond donors (Lipinski definition) is 0. The van der Waals surface area contributed by atoms with Crippen molar-refractivity contribution in [2.24, 2.45) is 0 Å². The first-order chi connectivity index (χ1) is 9.41. The van der Waals surface area contributed by atoms with Gasteiger partial charge in [0, 0.05) is 0 Å². The van der Waals surface area contributed by atoms with E-state index in [1.54, 1.807) is 0 Å². The molecule has 0 rings (SSSR count). The molecular formula is C19H39. The van der Waals surface area contributed by atoms with Crippen molar-refractivity contribution in [2.45, 2.75) is 117 Å². The van der Waals surface area contributed by atoms with Gasteiger partial charge >= 0.3 is 0 Å². The highest BCUT2D eigenvalue weighted by Crippen LogP contribution is 2.13. The monoisotopic (exact) mass is 267 g/mol. The predicted octanol–water partition coefficient (Wildman–Crippen LogP) is 7.47. The highest BCUT2D eigenvalue weighted by atomic mass is 14.0. The fraction of sp³-hybridized carbons (Fsp3) is 0.947. The van der Waals surface area contributed by atoms with Gasteiger partial charge in [-0.25, -0.2) is 0 Å². The number of unbranched alkanes of at least 4 members (excludes halogenated alkanes) is 16. The Morgan fingerprint density at radius 2 is 0.737 bits per heavy atom. The second kappa shape index (κ2) is 18.0. The summed E-state index contributed by atoms with van der Waals surface area (Å²) in [6.07, 6.45) is 25.4. The van der Waals surface area contributed by atoms with Gasteiger partial charge in [-0.3, -0.25) is 0 Å². The lowest BCUT2D eigenvalue weighted by molar-refractivity contribution is 0.558. The van der Waals surface area contributed by atoms with Gasteiger partial charge in [0.05, 0.1) is 0 Å². The minimum Gasteiger partial charge on any atom is -0.0654 e. The van der Waals surface area contributed by atoms with Crippen LogP contribution in [0, 0.1) is 6.42 Å². The summed E-state index contributed by atoms with van der Waals surface area (Å²) in [5.41, 5.74) is 0. The van der Waals surface area contributed by atoms with E-state index in [9.17, 15) is 0 Å². The van der Waals surface area contributed by atoms with Gasteiger partial charge in [0.15, 0.2) is 0 Å². The quantitative estimate of drug-likeness (QED) is 0.254. The molecule has 0 atom stereocenters. The first-order valence-corrected chi connectivity index (χ1v) is 9.23. The third-order valence-electron chi connectivity index (χ3n) is 4.02. The van der Waals surface area contributed by atoms with E-state index < -0.39 is 0 Å². The first kappa shape index (κ1) is 19.0. The Balaban J connectivity index is 2.88. The van der Waals surface area contributed by atoms with E-state index in [0.717, 1.165) is 0 Å². The van der Waals surface area contributed by atoms with E-state index in [1.165, 1.54) is 103 Å². The van der Waals surface area contributed by atoms with Crippen LogP contribution in [0.15, 0.2) is 0 Å². The molecule has 0 amide bonds. The average Bonchev–Trinajstić information content (AvgIpc) is 2.43. The maximum atomic E-state index is 2.53. The summed E-state index contributed by atoms with van der Waals surface area (Å²) in [6.45, 7) is 4.58. The van der Waals surface area contributed by atoms with Gasteiger partial charge in [0.1, 0.15) is 0 Å².